The Hall–Kier alpha value is -3.02. The van der Waals surface area contributed by atoms with Gasteiger partial charge in [-0.15, -0.1) is 0 Å². The lowest BCUT2D eigenvalue weighted by atomic mass is 10.0. The largest absolute Gasteiger partial charge is 0.329 e. The van der Waals surface area contributed by atoms with Crippen molar-refractivity contribution in [2.75, 3.05) is 18.0 Å². The van der Waals surface area contributed by atoms with Crippen LogP contribution in [0.15, 0.2) is 29.6 Å². The number of carbonyl (C=O) groups excluding carboxylic acids is 1. The minimum atomic E-state index is -2.63. The average Bonchev–Trinajstić information content (AvgIpc) is 3.23. The van der Waals surface area contributed by atoms with Crippen LogP contribution in [0.5, 0.6) is 0 Å². The van der Waals surface area contributed by atoms with E-state index in [9.17, 15) is 13.6 Å². The molecule has 4 heterocycles. The molecule has 0 bridgehead atoms. The van der Waals surface area contributed by atoms with Crippen molar-refractivity contribution in [1.29, 1.82) is 5.26 Å². The molecule has 2 aromatic heterocycles. The van der Waals surface area contributed by atoms with Gasteiger partial charge < -0.3 is 4.90 Å². The number of nitrogens with zero attached hydrogens (tertiary/aromatic N) is 6. The molecule has 1 saturated carbocycles. The van der Waals surface area contributed by atoms with Gasteiger partial charge in [0.15, 0.2) is 0 Å². The highest BCUT2D eigenvalue weighted by atomic mass is 19.3. The summed E-state index contributed by atoms with van der Waals surface area (Å²) in [5, 5.41) is 17.7. The Balaban J connectivity index is 0.000000586. The van der Waals surface area contributed by atoms with E-state index in [1.807, 2.05) is 12.1 Å². The Labute approximate surface area is 160 Å². The monoisotopic (exact) mass is 386 g/mol. The first kappa shape index (κ1) is 18.3. The maximum atomic E-state index is 12.7. The van der Waals surface area contributed by atoms with Crippen molar-refractivity contribution < 1.29 is 13.6 Å². The summed E-state index contributed by atoms with van der Waals surface area (Å²) in [6.07, 6.45) is 9.82. The molecule has 5 rings (SSSR count). The Kier molecular flexibility index (Phi) is 4.94. The number of nitriles is 1. The molecule has 1 amide bonds. The van der Waals surface area contributed by atoms with Gasteiger partial charge in [0.25, 0.3) is 0 Å². The Bertz CT molecular complexity index is 945. The van der Waals surface area contributed by atoms with Crippen LogP contribution >= 0.6 is 0 Å². The lowest BCUT2D eigenvalue weighted by Gasteiger charge is -2.16. The molecule has 1 aliphatic carbocycles. The summed E-state index contributed by atoms with van der Waals surface area (Å²) in [6, 6.07) is 5.58. The van der Waals surface area contributed by atoms with Crippen LogP contribution in [0.1, 0.15) is 37.2 Å². The zero-order valence-corrected chi connectivity index (χ0v) is 15.2. The van der Waals surface area contributed by atoms with Crippen molar-refractivity contribution in [1.82, 2.24) is 14.6 Å². The third kappa shape index (κ3) is 3.54. The summed E-state index contributed by atoms with van der Waals surface area (Å²) in [5.41, 5.74) is 2.17. The number of carbonyl (C=O) groups is 1. The normalized spacial score (nSPS) is 23.3. The summed E-state index contributed by atoms with van der Waals surface area (Å²) < 4.78 is 27.1. The van der Waals surface area contributed by atoms with Crippen LogP contribution in [-0.2, 0) is 4.79 Å². The van der Waals surface area contributed by atoms with Crippen molar-refractivity contribution >= 4 is 23.3 Å². The third-order valence-corrected chi connectivity index (χ3v) is 4.95. The number of rotatable bonds is 3. The molecular formula is C19H20F2N6O. The molecule has 2 unspecified atom stereocenters. The molecule has 28 heavy (non-hydrogen) atoms. The molecule has 2 fully saturated rings. The smallest absolute Gasteiger partial charge is 0.309 e. The van der Waals surface area contributed by atoms with Crippen LogP contribution in [0, 0.1) is 17.2 Å². The van der Waals surface area contributed by atoms with Crippen molar-refractivity contribution in [2.45, 2.75) is 38.2 Å². The van der Waals surface area contributed by atoms with Gasteiger partial charge in [-0.2, -0.15) is 24.2 Å². The van der Waals surface area contributed by atoms with E-state index < -0.39 is 12.5 Å². The highest BCUT2D eigenvalue weighted by Crippen LogP contribution is 2.31. The predicted molar refractivity (Wildman–Crippen MR) is 99.1 cm³/mol. The van der Waals surface area contributed by atoms with Gasteiger partial charge in [0, 0.05) is 31.1 Å². The number of hydrogen-bond donors (Lipinski definition) is 0. The molecule has 9 heteroatoms. The average molecular weight is 386 g/mol. The van der Waals surface area contributed by atoms with Crippen molar-refractivity contribution in [3.8, 4) is 6.07 Å². The van der Waals surface area contributed by atoms with Crippen LogP contribution in [0.3, 0.4) is 0 Å². The molecule has 1 saturated heterocycles. The maximum Gasteiger partial charge on any atom is 0.329 e. The lowest BCUT2D eigenvalue weighted by molar-refractivity contribution is -0.118. The van der Waals surface area contributed by atoms with E-state index in [0.29, 0.717) is 24.2 Å². The second-order valence-corrected chi connectivity index (χ2v) is 7.11. The molecule has 0 radical (unpaired) electrons. The van der Waals surface area contributed by atoms with Gasteiger partial charge in [-0.25, -0.2) is 9.52 Å². The van der Waals surface area contributed by atoms with Gasteiger partial charge in [0.2, 0.25) is 5.91 Å². The number of amides is 1. The number of alkyl halides is 2. The van der Waals surface area contributed by atoms with Gasteiger partial charge in [0.1, 0.15) is 5.92 Å². The molecule has 7 nitrogen and oxygen atoms in total. The Morgan fingerprint density at radius 1 is 1.29 bits per heavy atom. The van der Waals surface area contributed by atoms with E-state index in [2.05, 4.69) is 10.2 Å². The molecule has 0 aromatic carbocycles. The van der Waals surface area contributed by atoms with E-state index in [0.717, 1.165) is 10.6 Å². The fraction of sp³-hybridized carbons (Fsp3) is 0.474. The van der Waals surface area contributed by atoms with E-state index in [-0.39, 0.29) is 18.4 Å². The number of fused-ring (bicyclic) bond motifs is 1. The SMILES string of the molecule is C1CC1.N#CC1CCN(c2ccnn3cc(C4C=NN(C(F)F)C4)cc23)C1=O. The summed E-state index contributed by atoms with van der Waals surface area (Å²) in [7, 11) is 0. The zero-order valence-electron chi connectivity index (χ0n) is 15.2. The van der Waals surface area contributed by atoms with Gasteiger partial charge >= 0.3 is 6.55 Å². The van der Waals surface area contributed by atoms with Gasteiger partial charge in [0.05, 0.1) is 23.8 Å². The van der Waals surface area contributed by atoms with Crippen molar-refractivity contribution in [3.63, 3.8) is 0 Å². The Morgan fingerprint density at radius 3 is 2.68 bits per heavy atom. The maximum absolute atomic E-state index is 12.7. The Morgan fingerprint density at radius 2 is 2.07 bits per heavy atom. The second-order valence-electron chi connectivity index (χ2n) is 7.11. The van der Waals surface area contributed by atoms with Crippen LogP contribution in [-0.4, -0.2) is 46.4 Å². The summed E-state index contributed by atoms with van der Waals surface area (Å²) in [4.78, 5) is 13.9. The fourth-order valence-corrected chi connectivity index (χ4v) is 3.27. The molecule has 0 N–H and O–H groups in total. The van der Waals surface area contributed by atoms with E-state index in [1.54, 1.807) is 27.9 Å². The first-order chi connectivity index (χ1) is 13.6. The summed E-state index contributed by atoms with van der Waals surface area (Å²) >= 11 is 0. The number of aromatic nitrogens is 2. The van der Waals surface area contributed by atoms with Crippen molar-refractivity contribution in [2.24, 2.45) is 11.0 Å². The summed E-state index contributed by atoms with van der Waals surface area (Å²) in [5.74, 6) is -1.10. The molecule has 2 aromatic rings. The van der Waals surface area contributed by atoms with Crippen LogP contribution in [0.4, 0.5) is 14.5 Å². The number of hydrazone groups is 1. The van der Waals surface area contributed by atoms with Crippen molar-refractivity contribution in [3.05, 3.63) is 30.1 Å². The van der Waals surface area contributed by atoms with Crippen LogP contribution in [0.2, 0.25) is 0 Å². The molecule has 0 spiro atoms. The highest BCUT2D eigenvalue weighted by Gasteiger charge is 2.34. The first-order valence-corrected chi connectivity index (χ1v) is 9.35. The molecule has 2 atom stereocenters. The number of hydrogen-bond acceptors (Lipinski definition) is 5. The second kappa shape index (κ2) is 7.54. The number of halogens is 2. The molecular weight excluding hydrogens is 366 g/mol. The summed E-state index contributed by atoms with van der Waals surface area (Å²) in [6.45, 7) is -2.05. The number of anilines is 1. The first-order valence-electron chi connectivity index (χ1n) is 9.35. The third-order valence-electron chi connectivity index (χ3n) is 4.95. The van der Waals surface area contributed by atoms with Crippen LogP contribution < -0.4 is 4.90 Å². The van der Waals surface area contributed by atoms with Gasteiger partial charge in [-0.1, -0.05) is 19.3 Å². The topological polar surface area (TPSA) is 77.0 Å². The predicted octanol–water partition coefficient (Wildman–Crippen LogP) is 2.99. The van der Waals surface area contributed by atoms with Gasteiger partial charge in [-0.3, -0.25) is 4.79 Å². The zero-order chi connectivity index (χ0) is 19.7. The minimum absolute atomic E-state index is 0.100. The van der Waals surface area contributed by atoms with Crippen LogP contribution in [0.25, 0.3) is 5.52 Å². The highest BCUT2D eigenvalue weighted by molar-refractivity contribution is 6.01. The minimum Gasteiger partial charge on any atom is -0.309 e. The van der Waals surface area contributed by atoms with E-state index in [1.165, 1.54) is 25.5 Å². The molecule has 146 valence electrons. The standard InChI is InChI=1S/C16H14F2N6O.C3H6/c17-16(18)24-9-12(7-21-24)11-5-14-13(1-3-20-23(14)8-11)22-4-2-10(6-19)15(22)25;1-2-3-1/h1,3,5,7-8,10,12,16H,2,4,9H2;1-3H2. The fourth-order valence-electron chi connectivity index (χ4n) is 3.27. The lowest BCUT2D eigenvalue weighted by Crippen LogP contribution is -2.27. The van der Waals surface area contributed by atoms with E-state index >= 15 is 0 Å². The van der Waals surface area contributed by atoms with E-state index in [4.69, 9.17) is 5.26 Å². The molecule has 2 aliphatic heterocycles. The van der Waals surface area contributed by atoms with Gasteiger partial charge in [-0.05, 0) is 24.1 Å². The quantitative estimate of drug-likeness (QED) is 0.760. The molecule has 3 aliphatic rings.